The van der Waals surface area contributed by atoms with Crippen LogP contribution in [0.3, 0.4) is 0 Å². The Kier molecular flexibility index (Phi) is 6.68. The normalized spacial score (nSPS) is 25.8. The van der Waals surface area contributed by atoms with Crippen molar-refractivity contribution in [2.45, 2.75) is 70.6 Å². The fourth-order valence-corrected chi connectivity index (χ4v) is 3.88. The molecule has 0 radical (unpaired) electrons. The number of hydrogen-bond acceptors (Lipinski definition) is 4. The molecule has 2 atom stereocenters. The monoisotopic (exact) mass is 373 g/mol. The molecule has 2 aliphatic rings. The molecule has 7 heteroatoms. The second-order valence-electron chi connectivity index (χ2n) is 7.74. The Labute approximate surface area is 161 Å². The van der Waals surface area contributed by atoms with Gasteiger partial charge in [-0.3, -0.25) is 15.6 Å². The molecule has 2 unspecified atom stereocenters. The molecular weight excluding hydrogens is 342 g/mol. The molecule has 3 rings (SSSR count). The van der Waals surface area contributed by atoms with Crippen LogP contribution in [0.1, 0.15) is 51.5 Å². The summed E-state index contributed by atoms with van der Waals surface area (Å²) in [7, 11) is 0. The molecule has 2 fully saturated rings. The molecule has 1 heterocycles. The summed E-state index contributed by atoms with van der Waals surface area (Å²) in [6, 6.07) is 7.84. The van der Waals surface area contributed by atoms with Gasteiger partial charge in [0.15, 0.2) is 0 Å². The quantitative estimate of drug-likeness (QED) is 0.547. The van der Waals surface area contributed by atoms with Gasteiger partial charge in [0.05, 0.1) is 6.04 Å². The average molecular weight is 374 g/mol. The zero-order valence-corrected chi connectivity index (χ0v) is 16.2. The van der Waals surface area contributed by atoms with E-state index in [4.69, 9.17) is 0 Å². The number of hydrazine groups is 1. The summed E-state index contributed by atoms with van der Waals surface area (Å²) in [5.74, 6) is 0.241. The molecule has 1 aromatic rings. The van der Waals surface area contributed by atoms with E-state index in [2.05, 4.69) is 26.8 Å². The maximum absolute atomic E-state index is 12.4. The lowest BCUT2D eigenvalue weighted by molar-refractivity contribution is -0.120. The minimum atomic E-state index is -0.194. The van der Waals surface area contributed by atoms with E-state index in [9.17, 15) is 9.59 Å². The molecule has 0 spiro atoms. The fraction of sp³-hybridized carbons (Fsp3) is 0.600. The van der Waals surface area contributed by atoms with Gasteiger partial charge < -0.3 is 16.0 Å². The largest absolute Gasteiger partial charge is 0.334 e. The zero-order chi connectivity index (χ0) is 19.2. The Bertz CT molecular complexity index is 650. The summed E-state index contributed by atoms with van der Waals surface area (Å²) in [4.78, 5) is 24.6. The predicted molar refractivity (Wildman–Crippen MR) is 106 cm³/mol. The van der Waals surface area contributed by atoms with Gasteiger partial charge in [0.25, 0.3) is 0 Å². The topological polar surface area (TPSA) is 94.3 Å². The first-order chi connectivity index (χ1) is 13.0. The van der Waals surface area contributed by atoms with Gasteiger partial charge in [-0.2, -0.15) is 0 Å². The number of carbonyl (C=O) groups excluding carboxylic acids is 2. The minimum absolute atomic E-state index is 0.0334. The number of nitrogens with one attached hydrogen (secondary N) is 5. The lowest BCUT2D eigenvalue weighted by Gasteiger charge is -2.21. The third-order valence-electron chi connectivity index (χ3n) is 5.54. The SMILES string of the molecule is CC1NNC(C)C1NC(=O)NCc1cccc(NC(=O)C2CCCCC2)c1. The van der Waals surface area contributed by atoms with Gasteiger partial charge in [-0.25, -0.2) is 4.79 Å². The first kappa shape index (κ1) is 19.6. The van der Waals surface area contributed by atoms with E-state index in [-0.39, 0.29) is 36.0 Å². The van der Waals surface area contributed by atoms with Gasteiger partial charge in [-0.05, 0) is 44.4 Å². The van der Waals surface area contributed by atoms with Crippen LogP contribution in [0.15, 0.2) is 24.3 Å². The third kappa shape index (κ3) is 5.43. The minimum Gasteiger partial charge on any atom is -0.334 e. The summed E-state index contributed by atoms with van der Waals surface area (Å²) in [5, 5.41) is 8.91. The van der Waals surface area contributed by atoms with Crippen molar-refractivity contribution in [3.63, 3.8) is 0 Å². The van der Waals surface area contributed by atoms with Gasteiger partial charge in [0.1, 0.15) is 0 Å². The van der Waals surface area contributed by atoms with Crippen LogP contribution in [0.2, 0.25) is 0 Å². The molecule has 1 saturated carbocycles. The maximum Gasteiger partial charge on any atom is 0.315 e. The van der Waals surface area contributed by atoms with Gasteiger partial charge in [-0.1, -0.05) is 31.4 Å². The van der Waals surface area contributed by atoms with Crippen LogP contribution in [0.4, 0.5) is 10.5 Å². The van der Waals surface area contributed by atoms with Crippen LogP contribution in [0.25, 0.3) is 0 Å². The molecule has 5 N–H and O–H groups in total. The summed E-state index contributed by atoms with van der Waals surface area (Å²) in [6.07, 6.45) is 5.47. The smallest absolute Gasteiger partial charge is 0.315 e. The summed E-state index contributed by atoms with van der Waals surface area (Å²) in [5.41, 5.74) is 7.98. The lowest BCUT2D eigenvalue weighted by atomic mass is 9.88. The number of hydrogen-bond donors (Lipinski definition) is 5. The summed E-state index contributed by atoms with van der Waals surface area (Å²) in [6.45, 7) is 4.47. The van der Waals surface area contributed by atoms with Crippen molar-refractivity contribution >= 4 is 17.6 Å². The van der Waals surface area contributed by atoms with Crippen LogP contribution < -0.4 is 26.8 Å². The number of rotatable bonds is 5. The Morgan fingerprint density at radius 1 is 1.07 bits per heavy atom. The van der Waals surface area contributed by atoms with Crippen molar-refractivity contribution in [2.75, 3.05) is 5.32 Å². The first-order valence-electron chi connectivity index (χ1n) is 9.98. The van der Waals surface area contributed by atoms with E-state index in [0.29, 0.717) is 6.54 Å². The third-order valence-corrected chi connectivity index (χ3v) is 5.54. The standard InChI is InChI=1S/C20H31N5O2/c1-13-18(14(2)25-24-13)23-20(27)21-12-15-7-6-10-17(11-15)22-19(26)16-8-4-3-5-9-16/h6-7,10-11,13-14,16,18,24-25H,3-5,8-9,12H2,1-2H3,(H,22,26)(H2,21,23,27). The van der Waals surface area contributed by atoms with Crippen molar-refractivity contribution in [2.24, 2.45) is 5.92 Å². The molecular formula is C20H31N5O2. The molecule has 7 nitrogen and oxygen atoms in total. The van der Waals surface area contributed by atoms with E-state index >= 15 is 0 Å². The van der Waals surface area contributed by atoms with E-state index in [0.717, 1.165) is 36.9 Å². The van der Waals surface area contributed by atoms with Gasteiger partial charge in [0.2, 0.25) is 5.91 Å². The van der Waals surface area contributed by atoms with Crippen molar-refractivity contribution in [1.82, 2.24) is 21.5 Å². The molecule has 1 aromatic carbocycles. The number of amides is 3. The van der Waals surface area contributed by atoms with Crippen LogP contribution in [-0.2, 0) is 11.3 Å². The lowest BCUT2D eigenvalue weighted by Crippen LogP contribution is -2.49. The van der Waals surface area contributed by atoms with Gasteiger partial charge >= 0.3 is 6.03 Å². The van der Waals surface area contributed by atoms with Gasteiger partial charge in [0, 0.05) is 30.2 Å². The van der Waals surface area contributed by atoms with Crippen molar-refractivity contribution < 1.29 is 9.59 Å². The van der Waals surface area contributed by atoms with Gasteiger partial charge in [-0.15, -0.1) is 0 Å². The molecule has 27 heavy (non-hydrogen) atoms. The molecule has 0 bridgehead atoms. The highest BCUT2D eigenvalue weighted by atomic mass is 16.2. The van der Waals surface area contributed by atoms with Crippen LogP contribution in [-0.4, -0.2) is 30.1 Å². The maximum atomic E-state index is 12.4. The number of carbonyl (C=O) groups is 2. The highest BCUT2D eigenvalue weighted by Gasteiger charge is 2.30. The fourth-order valence-electron chi connectivity index (χ4n) is 3.88. The van der Waals surface area contributed by atoms with Crippen LogP contribution in [0.5, 0.6) is 0 Å². The molecule has 0 aromatic heterocycles. The Morgan fingerprint density at radius 2 is 1.78 bits per heavy atom. The van der Waals surface area contributed by atoms with E-state index in [1.54, 1.807) is 0 Å². The van der Waals surface area contributed by atoms with Crippen molar-refractivity contribution in [1.29, 1.82) is 0 Å². The average Bonchev–Trinajstić information content (AvgIpc) is 2.99. The predicted octanol–water partition coefficient (Wildman–Crippen LogP) is 2.26. The molecule has 1 aliphatic heterocycles. The summed E-state index contributed by atoms with van der Waals surface area (Å²) < 4.78 is 0. The Hall–Kier alpha value is -2.12. The molecule has 148 valence electrons. The molecule has 1 saturated heterocycles. The first-order valence-corrected chi connectivity index (χ1v) is 9.98. The molecule has 3 amide bonds. The Morgan fingerprint density at radius 3 is 2.48 bits per heavy atom. The number of benzene rings is 1. The second-order valence-corrected chi connectivity index (χ2v) is 7.74. The number of urea groups is 1. The second kappa shape index (κ2) is 9.19. The summed E-state index contributed by atoms with van der Waals surface area (Å²) >= 11 is 0. The van der Waals surface area contributed by atoms with Crippen molar-refractivity contribution in [3.05, 3.63) is 29.8 Å². The zero-order valence-electron chi connectivity index (χ0n) is 16.2. The van der Waals surface area contributed by atoms with E-state index in [1.807, 2.05) is 38.1 Å². The highest BCUT2D eigenvalue weighted by Crippen LogP contribution is 2.25. The highest BCUT2D eigenvalue weighted by molar-refractivity contribution is 5.92. The van der Waals surface area contributed by atoms with Crippen LogP contribution in [0, 0.1) is 5.92 Å². The Balaban J connectivity index is 1.48. The van der Waals surface area contributed by atoms with E-state index < -0.39 is 0 Å². The van der Waals surface area contributed by atoms with E-state index in [1.165, 1.54) is 6.42 Å². The molecule has 1 aliphatic carbocycles. The number of anilines is 1. The van der Waals surface area contributed by atoms with Crippen molar-refractivity contribution in [3.8, 4) is 0 Å². The van der Waals surface area contributed by atoms with Crippen LogP contribution >= 0.6 is 0 Å².